The Hall–Kier alpha value is -2.39. The lowest BCUT2D eigenvalue weighted by molar-refractivity contribution is -0.122. The summed E-state index contributed by atoms with van der Waals surface area (Å²) in [6.45, 7) is 3.70. The molecule has 0 atom stereocenters. The van der Waals surface area contributed by atoms with Gasteiger partial charge >= 0.3 is 0 Å². The highest BCUT2D eigenvalue weighted by Crippen LogP contribution is 2.20. The first-order valence-corrected chi connectivity index (χ1v) is 9.12. The molecule has 2 aromatic rings. The van der Waals surface area contributed by atoms with Crippen LogP contribution < -0.4 is 5.32 Å². The molecule has 0 aromatic carbocycles. The highest BCUT2D eigenvalue weighted by atomic mass is 32.1. The molecule has 2 aromatic heterocycles. The third-order valence-electron chi connectivity index (χ3n) is 4.26. The Balaban J connectivity index is 1.65. The molecule has 2 amide bonds. The molecule has 8 nitrogen and oxygen atoms in total. The topological polar surface area (TPSA) is 97.3 Å². The van der Waals surface area contributed by atoms with Crippen LogP contribution >= 0.6 is 11.7 Å². The van der Waals surface area contributed by atoms with E-state index in [9.17, 15) is 9.59 Å². The smallest absolute Gasteiger partial charge is 0.275 e. The highest BCUT2D eigenvalue weighted by molar-refractivity contribution is 6.99. The van der Waals surface area contributed by atoms with Crippen molar-refractivity contribution >= 4 is 23.5 Å². The minimum atomic E-state index is -0.0971. The molecule has 3 heterocycles. The van der Waals surface area contributed by atoms with Gasteiger partial charge in [0, 0.05) is 51.5 Å². The number of fused-ring (bicyclic) bond motifs is 1. The van der Waals surface area contributed by atoms with Crippen molar-refractivity contribution < 1.29 is 14.3 Å². The van der Waals surface area contributed by atoms with Crippen LogP contribution in [0, 0.1) is 6.92 Å². The van der Waals surface area contributed by atoms with Crippen molar-refractivity contribution in [2.45, 2.75) is 32.9 Å². The Morgan fingerprint density at radius 2 is 2.23 bits per heavy atom. The van der Waals surface area contributed by atoms with Crippen LogP contribution in [-0.2, 0) is 29.0 Å². The average Bonchev–Trinajstić information content (AvgIpc) is 3.09. The summed E-state index contributed by atoms with van der Waals surface area (Å²) in [6.07, 6.45) is 2.82. The second-order valence-electron chi connectivity index (χ2n) is 6.14. The molecule has 0 aliphatic carbocycles. The molecule has 0 spiro atoms. The molecule has 0 unspecified atom stereocenters. The summed E-state index contributed by atoms with van der Waals surface area (Å²) in [4.78, 5) is 30.6. The van der Waals surface area contributed by atoms with E-state index in [-0.39, 0.29) is 11.8 Å². The quantitative estimate of drug-likeness (QED) is 0.812. The van der Waals surface area contributed by atoms with Crippen molar-refractivity contribution in [2.75, 3.05) is 20.3 Å². The molecule has 138 valence electrons. The van der Waals surface area contributed by atoms with Crippen LogP contribution in [0.3, 0.4) is 0 Å². The number of hydrogen-bond donors (Lipinski definition) is 1. The van der Waals surface area contributed by atoms with Gasteiger partial charge in [0.2, 0.25) is 5.91 Å². The minimum Gasteiger partial charge on any atom is -0.384 e. The van der Waals surface area contributed by atoms with Crippen molar-refractivity contribution in [2.24, 2.45) is 0 Å². The first-order valence-electron chi connectivity index (χ1n) is 8.39. The number of carbonyl (C=O) groups excluding carboxylic acids is 2. The summed E-state index contributed by atoms with van der Waals surface area (Å²) in [5, 5.41) is 2.85. The molecule has 0 radical (unpaired) electrons. The number of nitrogens with one attached hydrogen (secondary N) is 1. The summed E-state index contributed by atoms with van der Waals surface area (Å²) >= 11 is 1.05. The number of rotatable bonds is 6. The molecule has 9 heteroatoms. The number of pyridine rings is 1. The predicted octanol–water partition coefficient (Wildman–Crippen LogP) is 1.09. The van der Waals surface area contributed by atoms with Gasteiger partial charge in [-0.1, -0.05) is 0 Å². The number of carbonyl (C=O) groups is 2. The van der Waals surface area contributed by atoms with Gasteiger partial charge in [0.1, 0.15) is 0 Å². The fourth-order valence-electron chi connectivity index (χ4n) is 2.80. The molecule has 3 rings (SSSR count). The zero-order chi connectivity index (χ0) is 18.5. The number of aryl methyl sites for hydroxylation is 1. The Morgan fingerprint density at radius 3 is 2.96 bits per heavy atom. The maximum atomic E-state index is 12.6. The molecule has 1 aliphatic heterocycles. The van der Waals surface area contributed by atoms with Crippen molar-refractivity contribution in [3.63, 3.8) is 0 Å². The van der Waals surface area contributed by atoms with Gasteiger partial charge in [-0.25, -0.2) is 0 Å². The Morgan fingerprint density at radius 1 is 1.38 bits per heavy atom. The molecule has 0 saturated heterocycles. The van der Waals surface area contributed by atoms with E-state index in [1.54, 1.807) is 25.1 Å². The summed E-state index contributed by atoms with van der Waals surface area (Å²) in [5.41, 5.74) is 4.01. The molecule has 26 heavy (non-hydrogen) atoms. The van der Waals surface area contributed by atoms with Crippen molar-refractivity contribution in [3.8, 4) is 0 Å². The largest absolute Gasteiger partial charge is 0.384 e. The van der Waals surface area contributed by atoms with Crippen molar-refractivity contribution in [1.29, 1.82) is 0 Å². The fourth-order valence-corrected chi connectivity index (χ4v) is 3.35. The summed E-state index contributed by atoms with van der Waals surface area (Å²) < 4.78 is 13.1. The normalized spacial score (nSPS) is 13.4. The zero-order valence-electron chi connectivity index (χ0n) is 14.8. The lowest BCUT2D eigenvalue weighted by Crippen LogP contribution is -2.37. The molecular weight excluding hydrogens is 354 g/mol. The Labute approximate surface area is 155 Å². The van der Waals surface area contributed by atoms with Gasteiger partial charge in [0.05, 0.1) is 24.0 Å². The van der Waals surface area contributed by atoms with Crippen LogP contribution in [0.15, 0.2) is 12.3 Å². The second kappa shape index (κ2) is 8.33. The number of methoxy groups -OCH3 is 1. The maximum Gasteiger partial charge on any atom is 0.275 e. The minimum absolute atomic E-state index is 0.0621. The van der Waals surface area contributed by atoms with E-state index in [4.69, 9.17) is 4.74 Å². The van der Waals surface area contributed by atoms with E-state index in [0.29, 0.717) is 50.5 Å². The zero-order valence-corrected chi connectivity index (χ0v) is 15.6. The summed E-state index contributed by atoms with van der Waals surface area (Å²) in [7, 11) is 1.57. The molecular formula is C17H21N5O3S. The van der Waals surface area contributed by atoms with E-state index in [0.717, 1.165) is 28.5 Å². The van der Waals surface area contributed by atoms with Gasteiger partial charge in [0.15, 0.2) is 5.69 Å². The highest BCUT2D eigenvalue weighted by Gasteiger charge is 2.25. The van der Waals surface area contributed by atoms with Crippen LogP contribution in [0.5, 0.6) is 0 Å². The van der Waals surface area contributed by atoms with E-state index in [1.807, 2.05) is 6.07 Å². The maximum absolute atomic E-state index is 12.6. The number of ether oxygens (including phenoxy) is 1. The molecule has 1 aliphatic rings. The number of nitrogens with zero attached hydrogens (tertiary/aromatic N) is 4. The molecule has 0 fully saturated rings. The molecule has 1 N–H and O–H groups in total. The molecule has 0 saturated carbocycles. The van der Waals surface area contributed by atoms with Crippen LogP contribution in [0.2, 0.25) is 0 Å². The monoisotopic (exact) mass is 375 g/mol. The van der Waals surface area contributed by atoms with Gasteiger partial charge in [-0.15, -0.1) is 0 Å². The first-order chi connectivity index (χ1) is 12.6. The van der Waals surface area contributed by atoms with Gasteiger partial charge in [-0.05, 0) is 24.1 Å². The third-order valence-corrected chi connectivity index (χ3v) is 4.88. The lowest BCUT2D eigenvalue weighted by atomic mass is 10.0. The number of hydrogen-bond acceptors (Lipinski definition) is 7. The van der Waals surface area contributed by atoms with Crippen molar-refractivity contribution in [1.82, 2.24) is 23.9 Å². The Kier molecular flexibility index (Phi) is 5.89. The second-order valence-corrected chi connectivity index (χ2v) is 6.67. The van der Waals surface area contributed by atoms with E-state index in [1.165, 1.54) is 0 Å². The standard InChI is InChI=1S/C17H21N5O3S/c1-11-16(21-26-20-11)17(24)22-5-3-14-13(10-22)7-12(8-18-14)9-19-15(23)4-6-25-2/h7-8H,3-6,9-10H2,1-2H3,(H,19,23). The summed E-state index contributed by atoms with van der Waals surface area (Å²) in [5.74, 6) is -0.159. The van der Waals surface area contributed by atoms with E-state index < -0.39 is 0 Å². The molecule has 0 bridgehead atoms. The van der Waals surface area contributed by atoms with Gasteiger partial charge in [-0.3, -0.25) is 14.6 Å². The first kappa shape index (κ1) is 18.4. The van der Waals surface area contributed by atoms with Gasteiger partial charge in [-0.2, -0.15) is 8.75 Å². The van der Waals surface area contributed by atoms with E-state index >= 15 is 0 Å². The lowest BCUT2D eigenvalue weighted by Gasteiger charge is -2.28. The average molecular weight is 375 g/mol. The van der Waals surface area contributed by atoms with Crippen LogP contribution in [0.25, 0.3) is 0 Å². The van der Waals surface area contributed by atoms with Gasteiger partial charge in [0.25, 0.3) is 5.91 Å². The van der Waals surface area contributed by atoms with E-state index in [2.05, 4.69) is 19.0 Å². The SMILES string of the molecule is COCCC(=O)NCc1cnc2c(c1)CN(C(=O)c1nsnc1C)CC2. The number of amides is 2. The van der Waals surface area contributed by atoms with Gasteiger partial charge < -0.3 is 15.0 Å². The third kappa shape index (κ3) is 4.23. The van der Waals surface area contributed by atoms with Crippen molar-refractivity contribution in [3.05, 3.63) is 40.5 Å². The fraction of sp³-hybridized carbons (Fsp3) is 0.471. The Bertz CT molecular complexity index is 807. The van der Waals surface area contributed by atoms with Crippen LogP contribution in [-0.4, -0.2) is 50.7 Å². The number of aromatic nitrogens is 3. The summed E-state index contributed by atoms with van der Waals surface area (Å²) in [6, 6.07) is 2.00. The van der Waals surface area contributed by atoms with Crippen LogP contribution in [0.4, 0.5) is 0 Å². The van der Waals surface area contributed by atoms with Crippen LogP contribution in [0.1, 0.15) is 39.4 Å². The predicted molar refractivity (Wildman–Crippen MR) is 95.7 cm³/mol.